The minimum absolute atomic E-state index is 0.148. The molecule has 1 aromatic heterocycles. The van der Waals surface area contributed by atoms with E-state index in [1.165, 1.54) is 4.90 Å². The van der Waals surface area contributed by atoms with Gasteiger partial charge in [-0.3, -0.25) is 0 Å². The standard InChI is InChI=1S/C22H26N4O3/c1-16(21-23-24-22(29-21)17-8-10-18(27-2)11-9-17)25-12-14-26(15-13-25)19-6-4-5-7-20(19)28-3/h4-11,16H,12-15H2,1-3H3/p+1/t16-/m0/s1. The Labute approximate surface area is 170 Å². The summed E-state index contributed by atoms with van der Waals surface area (Å²) in [7, 11) is 3.37. The molecule has 7 heteroatoms. The van der Waals surface area contributed by atoms with Crippen molar-refractivity contribution >= 4 is 5.69 Å². The van der Waals surface area contributed by atoms with Gasteiger partial charge in [0.05, 0.1) is 46.1 Å². The Kier molecular flexibility index (Phi) is 5.67. The first kappa shape index (κ1) is 19.3. The van der Waals surface area contributed by atoms with Crippen molar-refractivity contribution in [3.8, 4) is 23.0 Å². The van der Waals surface area contributed by atoms with Crippen molar-refractivity contribution in [1.82, 2.24) is 10.2 Å². The summed E-state index contributed by atoms with van der Waals surface area (Å²) in [6, 6.07) is 16.0. The van der Waals surface area contributed by atoms with Crippen LogP contribution in [0.1, 0.15) is 18.9 Å². The molecule has 0 saturated carbocycles. The van der Waals surface area contributed by atoms with Gasteiger partial charge in [0.25, 0.3) is 5.89 Å². The largest absolute Gasteiger partial charge is 0.497 e. The average Bonchev–Trinajstić information content (AvgIpc) is 3.29. The number of hydrogen-bond acceptors (Lipinski definition) is 6. The molecule has 2 aromatic carbocycles. The topological polar surface area (TPSA) is 65.1 Å². The van der Waals surface area contributed by atoms with Crippen molar-refractivity contribution in [2.24, 2.45) is 0 Å². The molecule has 7 nitrogen and oxygen atoms in total. The van der Waals surface area contributed by atoms with Gasteiger partial charge in [-0.05, 0) is 43.3 Å². The third kappa shape index (κ3) is 4.05. The molecule has 1 saturated heterocycles. The zero-order chi connectivity index (χ0) is 20.2. The van der Waals surface area contributed by atoms with Crippen molar-refractivity contribution in [2.45, 2.75) is 13.0 Å². The first-order chi connectivity index (χ1) is 14.2. The predicted molar refractivity (Wildman–Crippen MR) is 111 cm³/mol. The van der Waals surface area contributed by atoms with Gasteiger partial charge in [-0.2, -0.15) is 0 Å². The normalized spacial score (nSPS) is 15.9. The highest BCUT2D eigenvalue weighted by Gasteiger charge is 2.30. The van der Waals surface area contributed by atoms with Gasteiger partial charge >= 0.3 is 0 Å². The highest BCUT2D eigenvalue weighted by atomic mass is 16.5. The van der Waals surface area contributed by atoms with Gasteiger partial charge in [-0.1, -0.05) is 12.1 Å². The van der Waals surface area contributed by atoms with Crippen LogP contribution in [0, 0.1) is 0 Å². The summed E-state index contributed by atoms with van der Waals surface area (Å²) in [5.74, 6) is 2.95. The van der Waals surface area contributed by atoms with Crippen LogP contribution in [0.4, 0.5) is 5.69 Å². The fourth-order valence-electron chi connectivity index (χ4n) is 3.79. The monoisotopic (exact) mass is 395 g/mol. The summed E-state index contributed by atoms with van der Waals surface area (Å²) < 4.78 is 16.7. The van der Waals surface area contributed by atoms with E-state index in [1.54, 1.807) is 14.2 Å². The minimum atomic E-state index is 0.148. The Morgan fingerprint density at radius 2 is 1.69 bits per heavy atom. The number of hydrogen-bond donors (Lipinski definition) is 1. The number of nitrogens with zero attached hydrogens (tertiary/aromatic N) is 3. The molecule has 0 bridgehead atoms. The Bertz CT molecular complexity index is 933. The fourth-order valence-corrected chi connectivity index (χ4v) is 3.79. The molecule has 3 aromatic rings. The highest BCUT2D eigenvalue weighted by Crippen LogP contribution is 2.27. The van der Waals surface area contributed by atoms with Gasteiger partial charge in [0.1, 0.15) is 11.5 Å². The van der Waals surface area contributed by atoms with Gasteiger partial charge in [0.15, 0.2) is 6.04 Å². The van der Waals surface area contributed by atoms with Crippen LogP contribution in [0.3, 0.4) is 0 Å². The van der Waals surface area contributed by atoms with E-state index in [-0.39, 0.29) is 6.04 Å². The van der Waals surface area contributed by atoms with E-state index in [1.807, 2.05) is 36.4 Å². The van der Waals surface area contributed by atoms with Crippen LogP contribution in [0.15, 0.2) is 52.9 Å². The maximum absolute atomic E-state index is 5.99. The molecule has 152 valence electrons. The lowest BCUT2D eigenvalue weighted by Crippen LogP contribution is -3.14. The molecule has 0 amide bonds. The molecule has 1 aliphatic heterocycles. The van der Waals surface area contributed by atoms with Crippen LogP contribution in [0.5, 0.6) is 11.5 Å². The number of anilines is 1. The molecule has 1 aliphatic rings. The fraction of sp³-hybridized carbons (Fsp3) is 0.364. The number of ether oxygens (including phenoxy) is 2. The van der Waals surface area contributed by atoms with E-state index >= 15 is 0 Å². The first-order valence-corrected chi connectivity index (χ1v) is 9.90. The quantitative estimate of drug-likeness (QED) is 0.691. The lowest BCUT2D eigenvalue weighted by molar-refractivity contribution is -0.931. The van der Waals surface area contributed by atoms with Crippen LogP contribution >= 0.6 is 0 Å². The molecule has 4 rings (SSSR count). The van der Waals surface area contributed by atoms with Crippen molar-refractivity contribution in [3.05, 3.63) is 54.4 Å². The van der Waals surface area contributed by atoms with Gasteiger partial charge in [0, 0.05) is 5.56 Å². The molecule has 1 atom stereocenters. The summed E-state index contributed by atoms with van der Waals surface area (Å²) in [6.45, 7) is 6.07. The van der Waals surface area contributed by atoms with E-state index < -0.39 is 0 Å². The predicted octanol–water partition coefficient (Wildman–Crippen LogP) is 2.22. The second-order valence-electron chi connectivity index (χ2n) is 7.21. The van der Waals surface area contributed by atoms with E-state index in [0.29, 0.717) is 11.8 Å². The van der Waals surface area contributed by atoms with Crippen molar-refractivity contribution < 1.29 is 18.8 Å². The van der Waals surface area contributed by atoms with Crippen LogP contribution in [0.2, 0.25) is 0 Å². The zero-order valence-electron chi connectivity index (χ0n) is 17.1. The van der Waals surface area contributed by atoms with Gasteiger partial charge < -0.3 is 23.7 Å². The van der Waals surface area contributed by atoms with Crippen molar-refractivity contribution in [3.63, 3.8) is 0 Å². The van der Waals surface area contributed by atoms with E-state index in [9.17, 15) is 0 Å². The van der Waals surface area contributed by atoms with Crippen LogP contribution < -0.4 is 19.3 Å². The summed E-state index contributed by atoms with van der Waals surface area (Å²) in [5, 5.41) is 8.56. The van der Waals surface area contributed by atoms with Crippen LogP contribution in [-0.2, 0) is 0 Å². The molecule has 1 fully saturated rings. The van der Waals surface area contributed by atoms with Gasteiger partial charge in [-0.15, -0.1) is 10.2 Å². The third-order valence-electron chi connectivity index (χ3n) is 5.59. The first-order valence-electron chi connectivity index (χ1n) is 9.90. The van der Waals surface area contributed by atoms with Gasteiger partial charge in [-0.25, -0.2) is 0 Å². The lowest BCUT2D eigenvalue weighted by atomic mass is 10.2. The minimum Gasteiger partial charge on any atom is -0.497 e. The van der Waals surface area contributed by atoms with E-state index in [0.717, 1.165) is 48.9 Å². The van der Waals surface area contributed by atoms with E-state index in [4.69, 9.17) is 13.9 Å². The maximum atomic E-state index is 5.99. The zero-order valence-corrected chi connectivity index (χ0v) is 17.1. The van der Waals surface area contributed by atoms with E-state index in [2.05, 4.69) is 34.2 Å². The molecule has 2 heterocycles. The molecule has 0 radical (unpaired) electrons. The number of piperazine rings is 1. The van der Waals surface area contributed by atoms with Crippen LogP contribution in [-0.4, -0.2) is 50.6 Å². The lowest BCUT2D eigenvalue weighted by Gasteiger charge is -2.36. The Morgan fingerprint density at radius 3 is 2.38 bits per heavy atom. The Morgan fingerprint density at radius 1 is 0.966 bits per heavy atom. The summed E-state index contributed by atoms with van der Waals surface area (Å²) in [5.41, 5.74) is 2.05. The van der Waals surface area contributed by atoms with Crippen molar-refractivity contribution in [1.29, 1.82) is 0 Å². The Hall–Kier alpha value is -3.06. The summed E-state index contributed by atoms with van der Waals surface area (Å²) in [6.07, 6.45) is 0. The maximum Gasteiger partial charge on any atom is 0.274 e. The molecular weight excluding hydrogens is 368 g/mol. The number of methoxy groups -OCH3 is 2. The second-order valence-corrected chi connectivity index (χ2v) is 7.21. The number of benzene rings is 2. The molecule has 29 heavy (non-hydrogen) atoms. The second kappa shape index (κ2) is 8.53. The number of nitrogens with one attached hydrogen (secondary N) is 1. The third-order valence-corrected chi connectivity index (χ3v) is 5.59. The van der Waals surface area contributed by atoms with Gasteiger partial charge in [0.2, 0.25) is 5.89 Å². The molecule has 1 N–H and O–H groups in total. The summed E-state index contributed by atoms with van der Waals surface area (Å²) in [4.78, 5) is 3.83. The number of quaternary nitrogens is 1. The van der Waals surface area contributed by atoms with Crippen molar-refractivity contribution in [2.75, 3.05) is 45.3 Å². The number of para-hydroxylation sites is 2. The average molecular weight is 395 g/mol. The molecule has 0 spiro atoms. The van der Waals surface area contributed by atoms with Crippen LogP contribution in [0.25, 0.3) is 11.5 Å². The molecule has 0 unspecified atom stereocenters. The SMILES string of the molecule is COc1ccc(-c2nnc([C@H](C)[NH+]3CCN(c4ccccc4OC)CC3)o2)cc1. The Balaban J connectivity index is 1.41. The smallest absolute Gasteiger partial charge is 0.274 e. The summed E-state index contributed by atoms with van der Waals surface area (Å²) >= 11 is 0. The number of rotatable bonds is 6. The highest BCUT2D eigenvalue weighted by molar-refractivity contribution is 5.58. The number of aromatic nitrogens is 2. The molecular formula is C22H27N4O3+. The molecule has 0 aliphatic carbocycles.